The maximum atomic E-state index is 13.1. The van der Waals surface area contributed by atoms with E-state index in [9.17, 15) is 14.7 Å². The lowest BCUT2D eigenvalue weighted by Gasteiger charge is -2.32. The van der Waals surface area contributed by atoms with E-state index < -0.39 is 12.0 Å². The van der Waals surface area contributed by atoms with Crippen LogP contribution in [0.1, 0.15) is 59.2 Å². The van der Waals surface area contributed by atoms with Crippen LogP contribution in [0.25, 0.3) is 0 Å². The van der Waals surface area contributed by atoms with Crippen molar-refractivity contribution < 1.29 is 14.7 Å². The minimum atomic E-state index is -1.02. The second-order valence-corrected chi connectivity index (χ2v) is 9.34. The number of nitrogens with one attached hydrogen (secondary N) is 2. The number of amides is 1. The van der Waals surface area contributed by atoms with Crippen LogP contribution < -0.4 is 10.6 Å². The molecule has 2 atom stereocenters. The number of carboxylic acids is 1. The summed E-state index contributed by atoms with van der Waals surface area (Å²) in [4.78, 5) is 24.9. The van der Waals surface area contributed by atoms with Gasteiger partial charge in [0.25, 0.3) is 5.91 Å². The molecule has 35 heavy (non-hydrogen) atoms. The Bertz CT molecular complexity index is 1140. The molecule has 3 aromatic carbocycles. The molecule has 0 bridgehead atoms. The van der Waals surface area contributed by atoms with Crippen LogP contribution in [0, 0.1) is 0 Å². The van der Waals surface area contributed by atoms with Crippen LogP contribution in [-0.2, 0) is 4.79 Å². The molecule has 1 amide bonds. The first-order valence-electron chi connectivity index (χ1n) is 12.1. The average molecular weight is 469 g/mol. The van der Waals surface area contributed by atoms with E-state index in [1.807, 2.05) is 54.6 Å². The predicted molar refractivity (Wildman–Crippen MR) is 139 cm³/mol. The third-order valence-electron chi connectivity index (χ3n) is 6.58. The standard InChI is InChI=1S/C30H32N2O3/c1-30(18-10-19-30)31-20-9-17-26(29(34)35)32-28(33)25-16-8-15-24(21-25)27(22-11-4-2-5-12-22)23-13-6-3-7-14-23/h2-8,10-16,18,21,26-27,31H,9,17,19-20H2,1H3,(H,32,33)(H,34,35)/t26-,30?/m0/s1. The van der Waals surface area contributed by atoms with Gasteiger partial charge in [-0.3, -0.25) is 4.79 Å². The lowest BCUT2D eigenvalue weighted by Crippen LogP contribution is -2.45. The Morgan fingerprint density at radius 1 is 0.914 bits per heavy atom. The van der Waals surface area contributed by atoms with Crippen LogP contribution in [0.3, 0.4) is 0 Å². The highest BCUT2D eigenvalue weighted by Crippen LogP contribution is 2.32. The Balaban J connectivity index is 1.47. The van der Waals surface area contributed by atoms with E-state index >= 15 is 0 Å². The average Bonchev–Trinajstić information content (AvgIpc) is 2.86. The molecule has 1 unspecified atom stereocenters. The van der Waals surface area contributed by atoms with Crippen molar-refractivity contribution in [1.82, 2.24) is 10.6 Å². The van der Waals surface area contributed by atoms with Crippen molar-refractivity contribution >= 4 is 11.9 Å². The second kappa shape index (κ2) is 11.2. The largest absolute Gasteiger partial charge is 0.480 e. The third-order valence-corrected chi connectivity index (χ3v) is 6.58. The molecule has 0 heterocycles. The minimum absolute atomic E-state index is 0.0104. The SMILES string of the molecule is CC1(NCCC[C@H](NC(=O)c2cccc(C(c3ccccc3)c3ccccc3)c2)C(=O)O)C=CC1. The molecule has 5 nitrogen and oxygen atoms in total. The Hall–Kier alpha value is -3.70. The lowest BCUT2D eigenvalue weighted by atomic mass is 9.84. The smallest absolute Gasteiger partial charge is 0.326 e. The quantitative estimate of drug-likeness (QED) is 0.207. The summed E-state index contributed by atoms with van der Waals surface area (Å²) >= 11 is 0. The van der Waals surface area contributed by atoms with Gasteiger partial charge in [-0.05, 0) is 61.6 Å². The Kier molecular flexibility index (Phi) is 7.78. The molecule has 3 N–H and O–H groups in total. The first-order chi connectivity index (χ1) is 17.0. The van der Waals surface area contributed by atoms with Crippen molar-refractivity contribution in [3.63, 3.8) is 0 Å². The summed E-state index contributed by atoms with van der Waals surface area (Å²) in [7, 11) is 0. The van der Waals surface area contributed by atoms with Gasteiger partial charge in [-0.25, -0.2) is 4.79 Å². The van der Waals surface area contributed by atoms with E-state index in [2.05, 4.69) is 54.0 Å². The fraction of sp³-hybridized carbons (Fsp3) is 0.267. The summed E-state index contributed by atoms with van der Waals surface area (Å²) in [6.07, 6.45) is 6.24. The van der Waals surface area contributed by atoms with Crippen LogP contribution in [0.2, 0.25) is 0 Å². The molecule has 4 rings (SSSR count). The van der Waals surface area contributed by atoms with Crippen molar-refractivity contribution in [3.8, 4) is 0 Å². The van der Waals surface area contributed by atoms with Crippen molar-refractivity contribution in [2.45, 2.75) is 43.7 Å². The molecule has 0 saturated carbocycles. The van der Waals surface area contributed by atoms with Crippen molar-refractivity contribution in [3.05, 3.63) is 119 Å². The molecule has 0 aromatic heterocycles. The van der Waals surface area contributed by atoms with Gasteiger partial charge in [0.15, 0.2) is 0 Å². The Labute approximate surface area is 206 Å². The van der Waals surface area contributed by atoms with Gasteiger partial charge in [0.1, 0.15) is 6.04 Å². The number of hydrogen-bond donors (Lipinski definition) is 3. The van der Waals surface area contributed by atoms with Crippen molar-refractivity contribution in [2.24, 2.45) is 0 Å². The van der Waals surface area contributed by atoms with Gasteiger partial charge < -0.3 is 15.7 Å². The molecular weight excluding hydrogens is 436 g/mol. The zero-order valence-corrected chi connectivity index (χ0v) is 20.0. The molecule has 0 saturated heterocycles. The summed E-state index contributed by atoms with van der Waals surface area (Å²) in [5.41, 5.74) is 3.70. The van der Waals surface area contributed by atoms with E-state index in [1.54, 1.807) is 6.07 Å². The Morgan fingerprint density at radius 2 is 1.51 bits per heavy atom. The molecule has 1 aliphatic rings. The minimum Gasteiger partial charge on any atom is -0.480 e. The number of rotatable bonds is 11. The summed E-state index contributed by atoms with van der Waals surface area (Å²) in [6, 6.07) is 26.9. The Morgan fingerprint density at radius 3 is 2.06 bits per heavy atom. The van der Waals surface area contributed by atoms with E-state index in [0.717, 1.165) is 23.1 Å². The summed E-state index contributed by atoms with van der Waals surface area (Å²) in [5, 5.41) is 15.8. The maximum Gasteiger partial charge on any atom is 0.326 e. The van der Waals surface area contributed by atoms with Gasteiger partial charge in [-0.1, -0.05) is 84.9 Å². The van der Waals surface area contributed by atoms with E-state index in [1.165, 1.54) is 0 Å². The monoisotopic (exact) mass is 468 g/mol. The van der Waals surface area contributed by atoms with Gasteiger partial charge in [-0.2, -0.15) is 0 Å². The number of benzene rings is 3. The highest BCUT2D eigenvalue weighted by molar-refractivity contribution is 5.96. The molecule has 5 heteroatoms. The molecule has 1 aliphatic carbocycles. The topological polar surface area (TPSA) is 78.4 Å². The van der Waals surface area contributed by atoms with Gasteiger partial charge in [0, 0.05) is 17.0 Å². The van der Waals surface area contributed by atoms with Crippen LogP contribution in [0.15, 0.2) is 97.1 Å². The first kappa shape index (κ1) is 24.4. The van der Waals surface area contributed by atoms with Gasteiger partial charge in [-0.15, -0.1) is 0 Å². The molecule has 0 aliphatic heterocycles. The molecule has 0 fully saturated rings. The normalized spacial score (nSPS) is 17.5. The van der Waals surface area contributed by atoms with Crippen LogP contribution in [0.4, 0.5) is 0 Å². The summed E-state index contributed by atoms with van der Waals surface area (Å²) in [5.74, 6) is -1.43. The predicted octanol–water partition coefficient (Wildman–Crippen LogP) is 5.14. The van der Waals surface area contributed by atoms with Gasteiger partial charge in [0.2, 0.25) is 0 Å². The fourth-order valence-electron chi connectivity index (χ4n) is 4.51. The van der Waals surface area contributed by atoms with E-state index in [0.29, 0.717) is 24.9 Å². The van der Waals surface area contributed by atoms with Gasteiger partial charge in [0.05, 0.1) is 0 Å². The highest BCUT2D eigenvalue weighted by atomic mass is 16.4. The van der Waals surface area contributed by atoms with Crippen LogP contribution in [-0.4, -0.2) is 35.1 Å². The number of carbonyl (C=O) groups excluding carboxylic acids is 1. The van der Waals surface area contributed by atoms with Crippen LogP contribution in [0.5, 0.6) is 0 Å². The van der Waals surface area contributed by atoms with Crippen LogP contribution >= 0.6 is 0 Å². The molecule has 0 spiro atoms. The lowest BCUT2D eigenvalue weighted by molar-refractivity contribution is -0.139. The van der Waals surface area contributed by atoms with Crippen molar-refractivity contribution in [1.29, 1.82) is 0 Å². The maximum absolute atomic E-state index is 13.1. The second-order valence-electron chi connectivity index (χ2n) is 9.34. The summed E-state index contributed by atoms with van der Waals surface area (Å²) in [6.45, 7) is 2.82. The molecular formula is C30H32N2O3. The molecule has 0 radical (unpaired) electrons. The number of hydrogen-bond acceptors (Lipinski definition) is 3. The third kappa shape index (κ3) is 6.25. The number of carbonyl (C=O) groups is 2. The number of carboxylic acid groups (broad SMARTS) is 1. The molecule has 3 aromatic rings. The first-order valence-corrected chi connectivity index (χ1v) is 12.1. The fourth-order valence-corrected chi connectivity index (χ4v) is 4.51. The van der Waals surface area contributed by atoms with Gasteiger partial charge >= 0.3 is 5.97 Å². The van der Waals surface area contributed by atoms with E-state index in [-0.39, 0.29) is 17.4 Å². The molecule has 180 valence electrons. The van der Waals surface area contributed by atoms with E-state index in [4.69, 9.17) is 0 Å². The van der Waals surface area contributed by atoms with Crippen molar-refractivity contribution in [2.75, 3.05) is 6.54 Å². The zero-order valence-electron chi connectivity index (χ0n) is 20.0. The highest BCUT2D eigenvalue weighted by Gasteiger charge is 2.25. The number of aliphatic carboxylic acids is 1. The zero-order chi connectivity index (χ0) is 24.7. The summed E-state index contributed by atoms with van der Waals surface area (Å²) < 4.78 is 0.